The van der Waals surface area contributed by atoms with Crippen LogP contribution in [0.5, 0.6) is 0 Å². The summed E-state index contributed by atoms with van der Waals surface area (Å²) in [6, 6.07) is 6.69. The molecule has 0 saturated carbocycles. The van der Waals surface area contributed by atoms with Crippen LogP contribution >= 0.6 is 0 Å². The van der Waals surface area contributed by atoms with Crippen molar-refractivity contribution in [3.05, 3.63) is 29.8 Å². The van der Waals surface area contributed by atoms with Crippen molar-refractivity contribution in [3.63, 3.8) is 0 Å². The predicted octanol–water partition coefficient (Wildman–Crippen LogP) is 2.90. The number of nitrogens with zero attached hydrogens (tertiary/aromatic N) is 1. The highest BCUT2D eigenvalue weighted by molar-refractivity contribution is 5.96. The van der Waals surface area contributed by atoms with Crippen LogP contribution in [0, 0.1) is 0 Å². The van der Waals surface area contributed by atoms with E-state index in [1.54, 1.807) is 29.2 Å². The number of rotatable bonds is 7. The minimum atomic E-state index is -0.251. The first kappa shape index (κ1) is 17.2. The fourth-order valence-corrected chi connectivity index (χ4v) is 2.30. The van der Waals surface area contributed by atoms with Gasteiger partial charge in [-0.3, -0.25) is 4.79 Å². The molecule has 0 aliphatic heterocycles. The van der Waals surface area contributed by atoms with Crippen molar-refractivity contribution in [2.24, 2.45) is 0 Å². The van der Waals surface area contributed by atoms with Crippen molar-refractivity contribution in [3.8, 4) is 0 Å². The molecule has 0 bridgehead atoms. The van der Waals surface area contributed by atoms with Crippen LogP contribution in [0.3, 0.4) is 0 Å². The largest absolute Gasteiger partial charge is 0.395 e. The summed E-state index contributed by atoms with van der Waals surface area (Å²) in [5.74, 6) is -0.0432. The van der Waals surface area contributed by atoms with E-state index in [0.29, 0.717) is 17.8 Å². The van der Waals surface area contributed by atoms with Crippen molar-refractivity contribution in [2.75, 3.05) is 18.5 Å². The first-order chi connectivity index (χ1) is 10.0. The van der Waals surface area contributed by atoms with Crippen LogP contribution in [0.15, 0.2) is 24.3 Å². The fourth-order valence-electron chi connectivity index (χ4n) is 2.30. The number of hydrogen-bond donors (Lipinski definition) is 2. The summed E-state index contributed by atoms with van der Waals surface area (Å²) in [7, 11) is 0. The second-order valence-electron chi connectivity index (χ2n) is 4.95. The maximum absolute atomic E-state index is 12.4. The number of anilines is 1. The quantitative estimate of drug-likeness (QED) is 0.759. The standard InChI is InChI=1S/C16H24N2O3/c1-4-15(5-2)18(9-10-19)16(21)17-14-8-6-7-13(11-14)12(3)20/h6-8,11,15,19H,4-5,9-10H2,1-3H3,(H,17,21). The minimum absolute atomic E-state index is 0.0432. The normalized spacial score (nSPS) is 10.5. The zero-order valence-electron chi connectivity index (χ0n) is 12.9. The SMILES string of the molecule is CCC(CC)N(CCO)C(=O)Nc1cccc(C(C)=O)c1. The lowest BCUT2D eigenvalue weighted by molar-refractivity contribution is 0.101. The number of aliphatic hydroxyl groups excluding tert-OH is 1. The molecular formula is C16H24N2O3. The molecule has 0 unspecified atom stereocenters. The van der Waals surface area contributed by atoms with Crippen LogP contribution in [0.1, 0.15) is 44.0 Å². The van der Waals surface area contributed by atoms with Crippen LogP contribution in [-0.2, 0) is 0 Å². The van der Waals surface area contributed by atoms with E-state index < -0.39 is 0 Å². The molecule has 0 atom stereocenters. The molecule has 21 heavy (non-hydrogen) atoms. The van der Waals surface area contributed by atoms with Gasteiger partial charge in [-0.05, 0) is 31.9 Å². The number of Topliss-reactive ketones (excluding diaryl/α,β-unsaturated/α-hetero) is 1. The van der Waals surface area contributed by atoms with E-state index in [2.05, 4.69) is 5.32 Å². The maximum atomic E-state index is 12.4. The second-order valence-corrected chi connectivity index (χ2v) is 4.95. The van der Waals surface area contributed by atoms with E-state index in [0.717, 1.165) is 12.8 Å². The molecule has 0 fully saturated rings. The molecule has 0 aromatic heterocycles. The molecular weight excluding hydrogens is 268 g/mol. The summed E-state index contributed by atoms with van der Waals surface area (Å²) in [5.41, 5.74) is 1.14. The Labute approximate surface area is 126 Å². The lowest BCUT2D eigenvalue weighted by Crippen LogP contribution is -2.44. The molecule has 2 amide bonds. The smallest absolute Gasteiger partial charge is 0.322 e. The first-order valence-corrected chi connectivity index (χ1v) is 7.32. The van der Waals surface area contributed by atoms with Gasteiger partial charge in [0.1, 0.15) is 0 Å². The third kappa shape index (κ3) is 4.86. The van der Waals surface area contributed by atoms with Gasteiger partial charge in [-0.1, -0.05) is 26.0 Å². The zero-order chi connectivity index (χ0) is 15.8. The Bertz CT molecular complexity index is 484. The number of amides is 2. The van der Waals surface area contributed by atoms with Gasteiger partial charge in [0.2, 0.25) is 0 Å². The Morgan fingerprint density at radius 1 is 1.29 bits per heavy atom. The highest BCUT2D eigenvalue weighted by Gasteiger charge is 2.20. The van der Waals surface area contributed by atoms with Crippen molar-refractivity contribution in [1.82, 2.24) is 4.90 Å². The van der Waals surface area contributed by atoms with Gasteiger partial charge >= 0.3 is 6.03 Å². The van der Waals surface area contributed by atoms with Crippen LogP contribution in [0.25, 0.3) is 0 Å². The number of hydrogen-bond acceptors (Lipinski definition) is 3. The van der Waals surface area contributed by atoms with Gasteiger partial charge in [-0.25, -0.2) is 4.79 Å². The monoisotopic (exact) mass is 292 g/mol. The highest BCUT2D eigenvalue weighted by Crippen LogP contribution is 2.14. The third-order valence-electron chi connectivity index (χ3n) is 3.51. The van der Waals surface area contributed by atoms with Gasteiger partial charge < -0.3 is 15.3 Å². The molecule has 5 nitrogen and oxygen atoms in total. The molecule has 1 aromatic rings. The molecule has 0 radical (unpaired) electrons. The summed E-state index contributed by atoms with van der Waals surface area (Å²) in [6.07, 6.45) is 1.66. The van der Waals surface area contributed by atoms with E-state index >= 15 is 0 Å². The molecule has 116 valence electrons. The van der Waals surface area contributed by atoms with Crippen LogP contribution in [0.2, 0.25) is 0 Å². The topological polar surface area (TPSA) is 69.6 Å². The summed E-state index contributed by atoms with van der Waals surface area (Å²) in [4.78, 5) is 25.4. The number of benzene rings is 1. The van der Waals surface area contributed by atoms with Crippen molar-refractivity contribution in [2.45, 2.75) is 39.7 Å². The van der Waals surface area contributed by atoms with Gasteiger partial charge in [-0.2, -0.15) is 0 Å². The van der Waals surface area contributed by atoms with Crippen molar-refractivity contribution >= 4 is 17.5 Å². The molecule has 0 heterocycles. The van der Waals surface area contributed by atoms with Crippen LogP contribution < -0.4 is 5.32 Å². The van der Waals surface area contributed by atoms with E-state index in [-0.39, 0.29) is 24.5 Å². The van der Waals surface area contributed by atoms with Gasteiger partial charge in [0, 0.05) is 23.8 Å². The van der Waals surface area contributed by atoms with Crippen molar-refractivity contribution < 1.29 is 14.7 Å². The average Bonchev–Trinajstić information content (AvgIpc) is 2.47. The number of carbonyl (C=O) groups excluding carboxylic acids is 2. The molecule has 0 spiro atoms. The molecule has 1 rings (SSSR count). The van der Waals surface area contributed by atoms with E-state index in [9.17, 15) is 9.59 Å². The fraction of sp³-hybridized carbons (Fsp3) is 0.500. The van der Waals surface area contributed by atoms with E-state index in [1.165, 1.54) is 6.92 Å². The molecule has 5 heteroatoms. The molecule has 0 saturated heterocycles. The first-order valence-electron chi connectivity index (χ1n) is 7.32. The van der Waals surface area contributed by atoms with Gasteiger partial charge in [0.05, 0.1) is 6.61 Å². The van der Waals surface area contributed by atoms with Crippen LogP contribution in [0.4, 0.5) is 10.5 Å². The highest BCUT2D eigenvalue weighted by atomic mass is 16.3. The zero-order valence-corrected chi connectivity index (χ0v) is 12.9. The summed E-state index contributed by atoms with van der Waals surface area (Å²) < 4.78 is 0. The van der Waals surface area contributed by atoms with Gasteiger partial charge in [-0.15, -0.1) is 0 Å². The Hall–Kier alpha value is -1.88. The maximum Gasteiger partial charge on any atom is 0.322 e. The van der Waals surface area contributed by atoms with E-state index in [4.69, 9.17) is 5.11 Å². The van der Waals surface area contributed by atoms with Crippen LogP contribution in [-0.4, -0.2) is 41.0 Å². The molecule has 1 aromatic carbocycles. The molecule has 2 N–H and O–H groups in total. The number of urea groups is 1. The lowest BCUT2D eigenvalue weighted by Gasteiger charge is -2.30. The van der Waals surface area contributed by atoms with Gasteiger partial charge in [0.25, 0.3) is 0 Å². The summed E-state index contributed by atoms with van der Waals surface area (Å²) in [5, 5.41) is 11.9. The van der Waals surface area contributed by atoms with Gasteiger partial charge in [0.15, 0.2) is 5.78 Å². The number of ketones is 1. The Kier molecular flexibility index (Phi) is 6.88. The Morgan fingerprint density at radius 3 is 2.48 bits per heavy atom. The molecule has 0 aliphatic carbocycles. The number of nitrogens with one attached hydrogen (secondary N) is 1. The number of aliphatic hydroxyl groups is 1. The van der Waals surface area contributed by atoms with E-state index in [1.807, 2.05) is 13.8 Å². The minimum Gasteiger partial charge on any atom is -0.395 e. The molecule has 0 aliphatic rings. The number of carbonyl (C=O) groups is 2. The second kappa shape index (κ2) is 8.42. The lowest BCUT2D eigenvalue weighted by atomic mass is 10.1. The Morgan fingerprint density at radius 2 is 1.95 bits per heavy atom. The Balaban J connectivity index is 2.85. The van der Waals surface area contributed by atoms with Crippen molar-refractivity contribution in [1.29, 1.82) is 0 Å². The summed E-state index contributed by atoms with van der Waals surface area (Å²) >= 11 is 0. The summed E-state index contributed by atoms with van der Waals surface area (Å²) in [6.45, 7) is 5.75. The third-order valence-corrected chi connectivity index (χ3v) is 3.51. The predicted molar refractivity (Wildman–Crippen MR) is 83.6 cm³/mol. The average molecular weight is 292 g/mol.